The lowest BCUT2D eigenvalue weighted by molar-refractivity contribution is 0.453. The van der Waals surface area contributed by atoms with Crippen molar-refractivity contribution >= 4 is 11.0 Å². The van der Waals surface area contributed by atoms with Gasteiger partial charge in [0.2, 0.25) is 0 Å². The summed E-state index contributed by atoms with van der Waals surface area (Å²) in [6.45, 7) is 0. The summed E-state index contributed by atoms with van der Waals surface area (Å²) < 4.78 is 5.25. The van der Waals surface area contributed by atoms with Crippen molar-refractivity contribution in [2.75, 3.05) is 0 Å². The average molecular weight is 310 g/mol. The van der Waals surface area contributed by atoms with Crippen LogP contribution in [-0.2, 0) is 12.8 Å². The van der Waals surface area contributed by atoms with Crippen molar-refractivity contribution in [1.29, 1.82) is 0 Å². The molecule has 0 aliphatic rings. The second kappa shape index (κ2) is 6.57. The zero-order valence-electron chi connectivity index (χ0n) is 12.7. The van der Waals surface area contributed by atoms with Crippen molar-refractivity contribution in [3.05, 3.63) is 70.1 Å². The molecule has 0 spiro atoms. The van der Waals surface area contributed by atoms with E-state index in [0.29, 0.717) is 28.7 Å². The fraction of sp³-hybridized carbons (Fsp3) is 0.211. The van der Waals surface area contributed by atoms with Gasteiger partial charge in [0.25, 0.3) is 0 Å². The Balaban J connectivity index is 1.70. The van der Waals surface area contributed by atoms with Crippen molar-refractivity contribution in [3.63, 3.8) is 0 Å². The van der Waals surface area contributed by atoms with Crippen LogP contribution in [0.5, 0.6) is 11.5 Å². The first-order valence-corrected chi connectivity index (χ1v) is 7.67. The molecule has 118 valence electrons. The molecule has 4 nitrogen and oxygen atoms in total. The maximum atomic E-state index is 12.0. The van der Waals surface area contributed by atoms with Crippen LogP contribution in [0, 0.1) is 0 Å². The van der Waals surface area contributed by atoms with Crippen molar-refractivity contribution in [2.45, 2.75) is 25.7 Å². The Hall–Kier alpha value is -2.75. The van der Waals surface area contributed by atoms with E-state index in [9.17, 15) is 15.0 Å². The van der Waals surface area contributed by atoms with E-state index in [4.69, 9.17) is 4.42 Å². The molecule has 0 bridgehead atoms. The molecule has 0 saturated carbocycles. The summed E-state index contributed by atoms with van der Waals surface area (Å²) in [5.74, 6) is 0.306. The first-order chi connectivity index (χ1) is 11.2. The molecule has 23 heavy (non-hydrogen) atoms. The van der Waals surface area contributed by atoms with Crippen LogP contribution in [0.25, 0.3) is 11.0 Å². The molecule has 0 aliphatic heterocycles. The Morgan fingerprint density at radius 2 is 1.57 bits per heavy atom. The second-order valence-electron chi connectivity index (χ2n) is 5.55. The standard InChI is InChI=1S/C19H18O4/c20-16-11-5-2-8-13(16)7-1-3-10-15-18(21)14-9-4-6-12-17(14)23-19(15)22/h2,4-6,8-9,11-12,20-21H,1,3,7,10H2. The van der Waals surface area contributed by atoms with Crippen molar-refractivity contribution in [2.24, 2.45) is 0 Å². The van der Waals surface area contributed by atoms with Gasteiger partial charge >= 0.3 is 5.63 Å². The first-order valence-electron chi connectivity index (χ1n) is 7.67. The molecule has 2 aromatic carbocycles. The Morgan fingerprint density at radius 3 is 2.39 bits per heavy atom. The summed E-state index contributed by atoms with van der Waals surface area (Å²) in [5.41, 5.74) is 1.12. The van der Waals surface area contributed by atoms with Crippen LogP contribution in [-0.4, -0.2) is 10.2 Å². The van der Waals surface area contributed by atoms with E-state index in [1.54, 1.807) is 36.4 Å². The summed E-state index contributed by atoms with van der Waals surface area (Å²) in [6, 6.07) is 14.2. The smallest absolute Gasteiger partial charge is 0.343 e. The van der Waals surface area contributed by atoms with Gasteiger partial charge in [-0.3, -0.25) is 0 Å². The van der Waals surface area contributed by atoms with Gasteiger partial charge in [-0.15, -0.1) is 0 Å². The summed E-state index contributed by atoms with van der Waals surface area (Å²) in [5, 5.41) is 20.6. The molecule has 2 N–H and O–H groups in total. The lowest BCUT2D eigenvalue weighted by atomic mass is 10.0. The van der Waals surface area contributed by atoms with E-state index in [1.165, 1.54) is 0 Å². The number of benzene rings is 2. The zero-order chi connectivity index (χ0) is 16.2. The molecular weight excluding hydrogens is 292 g/mol. The van der Waals surface area contributed by atoms with Gasteiger partial charge in [-0.25, -0.2) is 4.79 Å². The Morgan fingerprint density at radius 1 is 0.870 bits per heavy atom. The SMILES string of the molecule is O=c1oc2ccccc2c(O)c1CCCCc1ccccc1O. The number of fused-ring (bicyclic) bond motifs is 1. The highest BCUT2D eigenvalue weighted by Crippen LogP contribution is 2.27. The number of unbranched alkanes of at least 4 members (excludes halogenated alkanes) is 1. The Kier molecular flexibility index (Phi) is 4.33. The van der Waals surface area contributed by atoms with Crippen LogP contribution in [0.3, 0.4) is 0 Å². The molecule has 0 atom stereocenters. The largest absolute Gasteiger partial charge is 0.508 e. The first kappa shape index (κ1) is 15.2. The van der Waals surface area contributed by atoms with Crippen LogP contribution in [0.4, 0.5) is 0 Å². The minimum atomic E-state index is -0.483. The van der Waals surface area contributed by atoms with Gasteiger partial charge in [0.15, 0.2) is 0 Å². The van der Waals surface area contributed by atoms with Gasteiger partial charge in [0.1, 0.15) is 17.1 Å². The van der Waals surface area contributed by atoms with E-state index in [-0.39, 0.29) is 5.75 Å². The second-order valence-corrected chi connectivity index (χ2v) is 5.55. The van der Waals surface area contributed by atoms with Crippen molar-refractivity contribution in [1.82, 2.24) is 0 Å². The number of aromatic hydroxyl groups is 2. The molecule has 0 fully saturated rings. The van der Waals surface area contributed by atoms with Gasteiger partial charge in [0, 0.05) is 0 Å². The number of hydrogen-bond donors (Lipinski definition) is 2. The number of rotatable bonds is 5. The van der Waals surface area contributed by atoms with Crippen molar-refractivity contribution < 1.29 is 14.6 Å². The third-order valence-corrected chi connectivity index (χ3v) is 3.99. The van der Waals surface area contributed by atoms with Crippen LogP contribution in [0.1, 0.15) is 24.0 Å². The zero-order valence-corrected chi connectivity index (χ0v) is 12.7. The van der Waals surface area contributed by atoms with Crippen LogP contribution >= 0.6 is 0 Å². The quantitative estimate of drug-likeness (QED) is 0.556. The fourth-order valence-corrected chi connectivity index (χ4v) is 2.73. The van der Waals surface area contributed by atoms with E-state index < -0.39 is 5.63 Å². The molecule has 3 rings (SSSR count). The Labute approximate surface area is 133 Å². The lowest BCUT2D eigenvalue weighted by Crippen LogP contribution is -2.08. The number of hydrogen-bond acceptors (Lipinski definition) is 4. The van der Waals surface area contributed by atoms with E-state index >= 15 is 0 Å². The van der Waals surface area contributed by atoms with Crippen LogP contribution in [0.2, 0.25) is 0 Å². The molecular formula is C19H18O4. The third-order valence-electron chi connectivity index (χ3n) is 3.99. The van der Waals surface area contributed by atoms with Crippen LogP contribution < -0.4 is 5.63 Å². The predicted molar refractivity (Wildman–Crippen MR) is 88.9 cm³/mol. The molecule has 0 unspecified atom stereocenters. The third kappa shape index (κ3) is 3.21. The molecule has 0 radical (unpaired) electrons. The van der Waals surface area contributed by atoms with Crippen LogP contribution in [0.15, 0.2) is 57.7 Å². The highest BCUT2D eigenvalue weighted by molar-refractivity contribution is 5.83. The minimum Gasteiger partial charge on any atom is -0.508 e. The van der Waals surface area contributed by atoms with Gasteiger partial charge in [0.05, 0.1) is 10.9 Å². The summed E-state index contributed by atoms with van der Waals surface area (Å²) in [6.07, 6.45) is 2.72. The highest BCUT2D eigenvalue weighted by atomic mass is 16.4. The summed E-state index contributed by atoms with van der Waals surface area (Å²) >= 11 is 0. The maximum absolute atomic E-state index is 12.0. The normalized spacial score (nSPS) is 11.0. The van der Waals surface area contributed by atoms with Gasteiger partial charge in [-0.1, -0.05) is 30.3 Å². The monoisotopic (exact) mass is 310 g/mol. The van der Waals surface area contributed by atoms with E-state index in [0.717, 1.165) is 24.8 Å². The lowest BCUT2D eigenvalue weighted by Gasteiger charge is -2.07. The van der Waals surface area contributed by atoms with Gasteiger partial charge in [-0.05, 0) is 49.4 Å². The van der Waals surface area contributed by atoms with E-state index in [1.807, 2.05) is 12.1 Å². The molecule has 0 aliphatic carbocycles. The van der Waals surface area contributed by atoms with Crippen molar-refractivity contribution in [3.8, 4) is 11.5 Å². The fourth-order valence-electron chi connectivity index (χ4n) is 2.73. The average Bonchev–Trinajstić information content (AvgIpc) is 2.55. The molecule has 0 saturated heterocycles. The topological polar surface area (TPSA) is 70.7 Å². The van der Waals surface area contributed by atoms with Gasteiger partial charge in [-0.2, -0.15) is 0 Å². The van der Waals surface area contributed by atoms with Gasteiger partial charge < -0.3 is 14.6 Å². The predicted octanol–water partition coefficient (Wildman–Crippen LogP) is 3.77. The molecule has 4 heteroatoms. The highest BCUT2D eigenvalue weighted by Gasteiger charge is 2.13. The number of phenols is 1. The summed E-state index contributed by atoms with van der Waals surface area (Å²) in [7, 11) is 0. The number of phenolic OH excluding ortho intramolecular Hbond substituents is 1. The minimum absolute atomic E-state index is 0.0133. The Bertz CT molecular complexity index is 880. The number of aryl methyl sites for hydroxylation is 1. The molecule has 1 heterocycles. The molecule has 0 amide bonds. The maximum Gasteiger partial charge on any atom is 0.343 e. The molecule has 1 aromatic heterocycles. The molecule has 3 aromatic rings. The summed E-state index contributed by atoms with van der Waals surface area (Å²) in [4.78, 5) is 12.0. The number of para-hydroxylation sites is 2. The van der Waals surface area contributed by atoms with E-state index in [2.05, 4.69) is 0 Å².